The van der Waals surface area contributed by atoms with Crippen LogP contribution in [0.4, 0.5) is 8.78 Å². The predicted molar refractivity (Wildman–Crippen MR) is 144 cm³/mol. The van der Waals surface area contributed by atoms with Gasteiger partial charge in [-0.1, -0.05) is 58.2 Å². The number of rotatable bonds is 6. The summed E-state index contributed by atoms with van der Waals surface area (Å²) >= 11 is 0. The highest BCUT2D eigenvalue weighted by Crippen LogP contribution is 2.37. The summed E-state index contributed by atoms with van der Waals surface area (Å²) in [6.07, 6.45) is 14.6. The zero-order chi connectivity index (χ0) is 26.0. The first-order chi connectivity index (χ1) is 17.7. The van der Waals surface area contributed by atoms with Crippen molar-refractivity contribution in [3.63, 3.8) is 0 Å². The first-order valence-electron chi connectivity index (χ1n) is 13.1. The van der Waals surface area contributed by atoms with Crippen LogP contribution in [0, 0.1) is 17.6 Å². The highest BCUT2D eigenvalue weighted by molar-refractivity contribution is 6.99. The van der Waals surface area contributed by atoms with E-state index in [1.807, 2.05) is 18.2 Å². The molecule has 0 saturated heterocycles. The Morgan fingerprint density at radius 1 is 0.811 bits per heavy atom. The molecule has 0 amide bonds. The van der Waals surface area contributed by atoms with Crippen molar-refractivity contribution in [1.29, 1.82) is 0 Å². The molecule has 0 spiro atoms. The average molecular weight is 521 g/mol. The largest absolute Gasteiger partial charge is 0.294 e. The minimum atomic E-state index is -2.45. The first-order valence-corrected chi connectivity index (χ1v) is 16.1. The van der Waals surface area contributed by atoms with Gasteiger partial charge in [0.1, 0.15) is 11.6 Å². The van der Waals surface area contributed by atoms with Crippen molar-refractivity contribution in [2.45, 2.75) is 71.4 Å². The zero-order valence-corrected chi connectivity index (χ0v) is 22.8. The quantitative estimate of drug-likeness (QED) is 0.326. The van der Waals surface area contributed by atoms with E-state index in [1.165, 1.54) is 66.5 Å². The number of halogens is 2. The fourth-order valence-corrected chi connectivity index (χ4v) is 7.60. The Balaban J connectivity index is 1.57. The molecule has 0 bridgehead atoms. The number of pyridine rings is 2. The monoisotopic (exact) mass is 520 g/mol. The van der Waals surface area contributed by atoms with Crippen LogP contribution in [0.15, 0.2) is 55.1 Å². The van der Waals surface area contributed by atoms with E-state index in [0.29, 0.717) is 11.6 Å². The molecule has 37 heavy (non-hydrogen) atoms. The smallest absolute Gasteiger partial charge is 0.260 e. The van der Waals surface area contributed by atoms with E-state index in [-0.39, 0.29) is 5.41 Å². The van der Waals surface area contributed by atoms with Gasteiger partial charge < -0.3 is 0 Å². The highest BCUT2D eigenvalue weighted by Gasteiger charge is 2.32. The van der Waals surface area contributed by atoms with Crippen LogP contribution < -0.4 is 10.6 Å². The molecule has 0 unspecified atom stereocenters. The minimum Gasteiger partial charge on any atom is -0.260 e. The molecule has 9 heteroatoms. The Bertz CT molecular complexity index is 1370. The third-order valence-corrected chi connectivity index (χ3v) is 10.9. The highest BCUT2D eigenvalue weighted by atomic mass is 28.3. The van der Waals surface area contributed by atoms with Crippen LogP contribution in [0.25, 0.3) is 11.6 Å². The Morgan fingerprint density at radius 3 is 2.03 bits per heavy atom. The molecule has 1 aliphatic rings. The second-order valence-corrected chi connectivity index (χ2v) is 15.4. The number of nitrogens with zero attached hydrogens (tertiary/aromatic N) is 6. The van der Waals surface area contributed by atoms with Gasteiger partial charge in [0.05, 0.1) is 0 Å². The van der Waals surface area contributed by atoms with Crippen molar-refractivity contribution in [3.8, 4) is 11.6 Å². The Morgan fingerprint density at radius 2 is 1.41 bits per heavy atom. The molecule has 0 aliphatic heterocycles. The third kappa shape index (κ3) is 5.41. The van der Waals surface area contributed by atoms with Gasteiger partial charge in [0.15, 0.2) is 8.07 Å². The summed E-state index contributed by atoms with van der Waals surface area (Å²) in [6, 6.07) is 9.84. The van der Waals surface area contributed by atoms with Crippen LogP contribution in [-0.2, 0) is 6.42 Å². The van der Waals surface area contributed by atoms with Crippen molar-refractivity contribution in [3.05, 3.63) is 72.8 Å². The summed E-state index contributed by atoms with van der Waals surface area (Å²) in [5.74, 6) is 1.02. The van der Waals surface area contributed by atoms with E-state index >= 15 is 0 Å². The Hall–Kier alpha value is -3.20. The number of hydrogen-bond donors (Lipinski definition) is 0. The van der Waals surface area contributed by atoms with E-state index in [2.05, 4.69) is 36.1 Å². The number of aromatic nitrogens is 6. The van der Waals surface area contributed by atoms with Gasteiger partial charge in [0, 0.05) is 35.4 Å². The maximum Gasteiger partial charge on any atom is 0.294 e. The molecule has 0 atom stereocenters. The van der Waals surface area contributed by atoms with Crippen LogP contribution in [0.3, 0.4) is 0 Å². The molecule has 1 fully saturated rings. The normalized spacial score (nSPS) is 16.4. The van der Waals surface area contributed by atoms with E-state index in [9.17, 15) is 8.78 Å². The van der Waals surface area contributed by atoms with Crippen molar-refractivity contribution in [2.75, 3.05) is 0 Å². The molecule has 4 aromatic rings. The van der Waals surface area contributed by atoms with Gasteiger partial charge in [0.25, 0.3) is 12.2 Å². The van der Waals surface area contributed by atoms with E-state index in [4.69, 9.17) is 9.97 Å². The lowest BCUT2D eigenvalue weighted by Crippen LogP contribution is -2.56. The van der Waals surface area contributed by atoms with Gasteiger partial charge in [-0.15, -0.1) is 0 Å². The summed E-state index contributed by atoms with van der Waals surface area (Å²) in [5.41, 5.74) is 1.36. The molecule has 4 heterocycles. The second kappa shape index (κ2) is 10.3. The zero-order valence-electron chi connectivity index (χ0n) is 21.8. The molecule has 194 valence electrons. The maximum absolute atomic E-state index is 14.6. The average Bonchev–Trinajstić information content (AvgIpc) is 3.49. The molecule has 0 N–H and O–H groups in total. The van der Waals surface area contributed by atoms with Crippen LogP contribution in [-0.4, -0.2) is 37.1 Å². The molecular weight excluding hydrogens is 486 g/mol. The molecule has 0 aromatic carbocycles. The lowest BCUT2D eigenvalue weighted by Gasteiger charge is -2.32. The van der Waals surface area contributed by atoms with Crippen LogP contribution in [0.5, 0.6) is 0 Å². The summed E-state index contributed by atoms with van der Waals surface area (Å²) in [5, 5.41) is 1.79. The van der Waals surface area contributed by atoms with Gasteiger partial charge in [-0.05, 0) is 54.5 Å². The van der Waals surface area contributed by atoms with Gasteiger partial charge in [-0.3, -0.25) is 9.13 Å². The summed E-state index contributed by atoms with van der Waals surface area (Å²) in [7, 11) is -2.45. The molecule has 1 aliphatic carbocycles. The van der Waals surface area contributed by atoms with Gasteiger partial charge in [0.2, 0.25) is 0 Å². The molecule has 1 saturated carbocycles. The Labute approximate surface area is 217 Å². The summed E-state index contributed by atoms with van der Waals surface area (Å²) in [6.45, 7) is 6.76. The van der Waals surface area contributed by atoms with E-state index in [1.54, 1.807) is 18.5 Å². The van der Waals surface area contributed by atoms with Gasteiger partial charge in [-0.25, -0.2) is 19.9 Å². The predicted octanol–water partition coefficient (Wildman–Crippen LogP) is 5.24. The van der Waals surface area contributed by atoms with E-state index < -0.39 is 20.2 Å². The molecule has 6 nitrogen and oxygen atoms in total. The number of imidazole rings is 2. The lowest BCUT2D eigenvalue weighted by atomic mass is 9.74. The lowest BCUT2D eigenvalue weighted by molar-refractivity contribution is 0.235. The first kappa shape index (κ1) is 25.4. The standard InChI is InChI=1S/C28H34F2N6Si/c1-28(12-7-5-4-6-8-13-28)20-21-18-23(36-17-15-32-27(36)30)34-25(19-21)37(2,3)24-11-9-10-22(33-24)35-16-14-31-26(35)29/h9-11,14-19H,4-8,12-13,20H2,1-3H3. The van der Waals surface area contributed by atoms with Crippen molar-refractivity contribution >= 4 is 18.7 Å². The minimum absolute atomic E-state index is 0.201. The van der Waals surface area contributed by atoms with Crippen molar-refractivity contribution < 1.29 is 8.78 Å². The molecule has 5 rings (SSSR count). The van der Waals surface area contributed by atoms with E-state index in [0.717, 1.165) is 22.6 Å². The SMILES string of the molecule is CC1(Cc2cc(-n3ccnc3F)nc([Si](C)(C)c3cccc(-n4ccnc4F)n3)c2)CCCCCCC1. The summed E-state index contributed by atoms with van der Waals surface area (Å²) < 4.78 is 31.5. The van der Waals surface area contributed by atoms with Crippen LogP contribution in [0.2, 0.25) is 13.1 Å². The Kier molecular flexibility index (Phi) is 7.07. The van der Waals surface area contributed by atoms with Gasteiger partial charge >= 0.3 is 0 Å². The van der Waals surface area contributed by atoms with Gasteiger partial charge in [-0.2, -0.15) is 8.78 Å². The third-order valence-electron chi connectivity index (χ3n) is 7.76. The maximum atomic E-state index is 14.6. The van der Waals surface area contributed by atoms with Crippen molar-refractivity contribution in [1.82, 2.24) is 29.1 Å². The fourth-order valence-electron chi connectivity index (χ4n) is 5.49. The van der Waals surface area contributed by atoms with Crippen molar-refractivity contribution in [2.24, 2.45) is 5.41 Å². The molecular formula is C28H34F2N6Si. The van der Waals surface area contributed by atoms with Crippen LogP contribution >= 0.6 is 0 Å². The summed E-state index contributed by atoms with van der Waals surface area (Å²) in [4.78, 5) is 17.3. The topological polar surface area (TPSA) is 61.4 Å². The van der Waals surface area contributed by atoms with Crippen LogP contribution in [0.1, 0.15) is 57.4 Å². The molecule has 0 radical (unpaired) electrons. The fraction of sp³-hybridized carbons (Fsp3) is 0.429. The second-order valence-electron chi connectivity index (χ2n) is 11.1. The number of hydrogen-bond acceptors (Lipinski definition) is 4. The molecule has 4 aromatic heterocycles.